The van der Waals surface area contributed by atoms with E-state index < -0.39 is 0 Å². The van der Waals surface area contributed by atoms with Gasteiger partial charge in [0, 0.05) is 36.6 Å². The molecule has 0 aliphatic carbocycles. The summed E-state index contributed by atoms with van der Waals surface area (Å²) in [4.78, 5) is 22.5. The zero-order valence-corrected chi connectivity index (χ0v) is 17.3. The molecule has 31 heavy (non-hydrogen) atoms. The molecule has 0 radical (unpaired) electrons. The van der Waals surface area contributed by atoms with Crippen LogP contribution >= 0.6 is 0 Å². The Morgan fingerprint density at radius 1 is 1.13 bits per heavy atom. The summed E-state index contributed by atoms with van der Waals surface area (Å²) >= 11 is 0. The van der Waals surface area contributed by atoms with Gasteiger partial charge < -0.3 is 24.5 Å². The summed E-state index contributed by atoms with van der Waals surface area (Å²) in [6.45, 7) is 1.38. The van der Waals surface area contributed by atoms with Crippen molar-refractivity contribution in [2.75, 3.05) is 25.5 Å². The molecule has 6 rings (SSSR count). The number of rotatable bonds is 2. The van der Waals surface area contributed by atoms with Crippen molar-refractivity contribution in [2.45, 2.75) is 18.4 Å². The highest BCUT2D eigenvalue weighted by Gasteiger charge is 2.42. The maximum Gasteiger partial charge on any atom is 0.253 e. The molecule has 0 bridgehead atoms. The molecule has 156 valence electrons. The minimum Gasteiger partial charge on any atom is -0.497 e. The van der Waals surface area contributed by atoms with Crippen molar-refractivity contribution in [1.29, 1.82) is 0 Å². The number of benzene rings is 2. The van der Waals surface area contributed by atoms with Crippen molar-refractivity contribution in [3.63, 3.8) is 0 Å². The molecule has 0 saturated carbocycles. The standard InChI is InChI=1S/C24H23N5O2/c1-31-17-5-7-21-20(14-17)27-24(22-3-2-10-29(21)22)8-11-28(12-9-24)23(30)16-4-6-18-19(13-16)26-15-25-18/h2-7,10,13-15,27H,8-9,11-12H2,1H3,(H,25,26). The topological polar surface area (TPSA) is 75.2 Å². The second kappa shape index (κ2) is 6.63. The predicted octanol–water partition coefficient (Wildman–Crippen LogP) is 3.92. The number of nitrogens with one attached hydrogen (secondary N) is 2. The number of aromatic amines is 1. The second-order valence-corrected chi connectivity index (χ2v) is 8.28. The summed E-state index contributed by atoms with van der Waals surface area (Å²) in [5.41, 5.74) is 5.67. The van der Waals surface area contributed by atoms with E-state index in [2.05, 4.69) is 50.3 Å². The number of hydrogen-bond donors (Lipinski definition) is 2. The molecule has 2 N–H and O–H groups in total. The van der Waals surface area contributed by atoms with Crippen LogP contribution in [0, 0.1) is 0 Å². The summed E-state index contributed by atoms with van der Waals surface area (Å²) in [6, 6.07) is 16.1. The van der Waals surface area contributed by atoms with Crippen LogP contribution in [0.4, 0.5) is 5.69 Å². The minimum atomic E-state index is -0.203. The highest BCUT2D eigenvalue weighted by atomic mass is 16.5. The van der Waals surface area contributed by atoms with Gasteiger partial charge in [-0.15, -0.1) is 0 Å². The maximum absolute atomic E-state index is 13.2. The average molecular weight is 413 g/mol. The molecule has 4 heterocycles. The zero-order chi connectivity index (χ0) is 21.0. The van der Waals surface area contributed by atoms with Crippen LogP contribution in [-0.4, -0.2) is 45.5 Å². The molecule has 7 heteroatoms. The van der Waals surface area contributed by atoms with Crippen LogP contribution in [0.25, 0.3) is 16.7 Å². The van der Waals surface area contributed by atoms with Gasteiger partial charge in [0.15, 0.2) is 0 Å². The summed E-state index contributed by atoms with van der Waals surface area (Å²) in [6.07, 6.45) is 5.44. The number of anilines is 1. The molecule has 4 aromatic rings. The van der Waals surface area contributed by atoms with Crippen LogP contribution in [0.15, 0.2) is 61.1 Å². The van der Waals surface area contributed by atoms with E-state index in [4.69, 9.17) is 4.74 Å². The van der Waals surface area contributed by atoms with E-state index in [1.165, 1.54) is 5.69 Å². The normalized spacial score (nSPS) is 16.6. The molecular weight excluding hydrogens is 390 g/mol. The maximum atomic E-state index is 13.2. The SMILES string of the molecule is COc1ccc2c(c1)NC1(CCN(C(=O)c3ccc4[nH]cnc4c3)CC1)c1cccn1-2. The molecular formula is C24H23N5O2. The van der Waals surface area contributed by atoms with E-state index in [9.17, 15) is 4.79 Å². The number of amides is 1. The van der Waals surface area contributed by atoms with Gasteiger partial charge in [-0.05, 0) is 55.3 Å². The van der Waals surface area contributed by atoms with Crippen molar-refractivity contribution in [1.82, 2.24) is 19.4 Å². The zero-order valence-electron chi connectivity index (χ0n) is 17.3. The lowest BCUT2D eigenvalue weighted by Gasteiger charge is -2.46. The molecule has 0 unspecified atom stereocenters. The second-order valence-electron chi connectivity index (χ2n) is 8.28. The van der Waals surface area contributed by atoms with Gasteiger partial charge in [0.05, 0.1) is 41.4 Å². The molecule has 7 nitrogen and oxygen atoms in total. The van der Waals surface area contributed by atoms with E-state index in [-0.39, 0.29) is 11.4 Å². The molecule has 1 spiro atoms. The molecule has 2 aromatic heterocycles. The van der Waals surface area contributed by atoms with Crippen molar-refractivity contribution in [3.05, 3.63) is 72.3 Å². The lowest BCUT2D eigenvalue weighted by Crippen LogP contribution is -2.51. The largest absolute Gasteiger partial charge is 0.497 e. The number of carbonyl (C=O) groups excluding carboxylic acids is 1. The van der Waals surface area contributed by atoms with Gasteiger partial charge in [0.2, 0.25) is 0 Å². The van der Waals surface area contributed by atoms with E-state index in [1.54, 1.807) is 13.4 Å². The number of imidazole rings is 1. The van der Waals surface area contributed by atoms with E-state index >= 15 is 0 Å². The number of aromatic nitrogens is 3. The van der Waals surface area contributed by atoms with Gasteiger partial charge in [-0.25, -0.2) is 4.98 Å². The number of likely N-dealkylation sites (tertiary alicyclic amines) is 1. The molecule has 1 fully saturated rings. The number of ether oxygens (including phenoxy) is 1. The molecule has 2 aliphatic heterocycles. The smallest absolute Gasteiger partial charge is 0.253 e. The van der Waals surface area contributed by atoms with Gasteiger partial charge in [-0.2, -0.15) is 0 Å². The van der Waals surface area contributed by atoms with E-state index in [0.29, 0.717) is 18.7 Å². The lowest BCUT2D eigenvalue weighted by molar-refractivity contribution is 0.0676. The molecule has 1 amide bonds. The fourth-order valence-corrected chi connectivity index (χ4v) is 4.98. The molecule has 2 aromatic carbocycles. The number of piperidine rings is 1. The summed E-state index contributed by atoms with van der Waals surface area (Å²) < 4.78 is 7.70. The Labute approximate surface area is 179 Å². The van der Waals surface area contributed by atoms with Gasteiger partial charge in [-0.3, -0.25) is 4.79 Å². The Kier molecular flexibility index (Phi) is 3.86. The average Bonchev–Trinajstić information content (AvgIpc) is 3.48. The van der Waals surface area contributed by atoms with E-state index in [1.807, 2.05) is 29.2 Å². The first-order chi connectivity index (χ1) is 15.2. The number of H-pyrrole nitrogens is 1. The number of nitrogens with zero attached hydrogens (tertiary/aromatic N) is 3. The fraction of sp³-hybridized carbons (Fsp3) is 0.250. The van der Waals surface area contributed by atoms with Crippen LogP contribution in [0.1, 0.15) is 28.9 Å². The number of hydrogen-bond acceptors (Lipinski definition) is 4. The van der Waals surface area contributed by atoms with Crippen molar-refractivity contribution >= 4 is 22.6 Å². The van der Waals surface area contributed by atoms with Gasteiger partial charge in [0.1, 0.15) is 5.75 Å². The molecule has 0 atom stereocenters. The Morgan fingerprint density at radius 3 is 2.84 bits per heavy atom. The Morgan fingerprint density at radius 2 is 2.00 bits per heavy atom. The van der Waals surface area contributed by atoms with Crippen molar-refractivity contribution in [3.8, 4) is 11.4 Å². The summed E-state index contributed by atoms with van der Waals surface area (Å²) in [5, 5.41) is 3.80. The molecule has 1 saturated heterocycles. The Bertz CT molecular complexity index is 1300. The minimum absolute atomic E-state index is 0.0630. The predicted molar refractivity (Wildman–Crippen MR) is 119 cm³/mol. The third-order valence-corrected chi connectivity index (χ3v) is 6.65. The first-order valence-electron chi connectivity index (χ1n) is 10.5. The van der Waals surface area contributed by atoms with Gasteiger partial charge in [0.25, 0.3) is 5.91 Å². The third-order valence-electron chi connectivity index (χ3n) is 6.65. The monoisotopic (exact) mass is 413 g/mol. The van der Waals surface area contributed by atoms with E-state index in [0.717, 1.165) is 41.0 Å². The molecule has 2 aliphatic rings. The van der Waals surface area contributed by atoms with Crippen LogP contribution in [0.5, 0.6) is 5.75 Å². The first kappa shape index (κ1) is 18.1. The Balaban J connectivity index is 1.28. The fourth-order valence-electron chi connectivity index (χ4n) is 4.98. The Hall–Kier alpha value is -3.74. The number of fused-ring (bicyclic) bond motifs is 5. The number of methoxy groups -OCH3 is 1. The van der Waals surface area contributed by atoms with Crippen LogP contribution < -0.4 is 10.1 Å². The first-order valence-corrected chi connectivity index (χ1v) is 10.5. The van der Waals surface area contributed by atoms with Crippen molar-refractivity contribution in [2.24, 2.45) is 0 Å². The van der Waals surface area contributed by atoms with Crippen LogP contribution in [0.3, 0.4) is 0 Å². The van der Waals surface area contributed by atoms with Crippen LogP contribution in [-0.2, 0) is 5.54 Å². The highest BCUT2D eigenvalue weighted by molar-refractivity contribution is 5.97. The summed E-state index contributed by atoms with van der Waals surface area (Å²) in [7, 11) is 1.69. The third kappa shape index (κ3) is 2.73. The highest BCUT2D eigenvalue weighted by Crippen LogP contribution is 2.44. The van der Waals surface area contributed by atoms with Crippen LogP contribution in [0.2, 0.25) is 0 Å². The summed E-state index contributed by atoms with van der Waals surface area (Å²) in [5.74, 6) is 0.895. The number of carbonyl (C=O) groups is 1. The lowest BCUT2D eigenvalue weighted by atomic mass is 9.82. The quantitative estimate of drug-likeness (QED) is 0.522. The van der Waals surface area contributed by atoms with Gasteiger partial charge >= 0.3 is 0 Å². The van der Waals surface area contributed by atoms with Gasteiger partial charge in [-0.1, -0.05) is 0 Å². The van der Waals surface area contributed by atoms with Crippen molar-refractivity contribution < 1.29 is 9.53 Å².